The second kappa shape index (κ2) is 6.68. The van der Waals surface area contributed by atoms with Crippen molar-refractivity contribution < 1.29 is 18.7 Å². The van der Waals surface area contributed by atoms with Gasteiger partial charge in [-0.3, -0.25) is 0 Å². The van der Waals surface area contributed by atoms with Crippen molar-refractivity contribution >= 4 is 16.7 Å². The van der Waals surface area contributed by atoms with Crippen LogP contribution in [0.1, 0.15) is 10.4 Å². The van der Waals surface area contributed by atoms with Crippen LogP contribution in [0.25, 0.3) is 22.2 Å². The molecule has 6 nitrogen and oxygen atoms in total. The number of carbonyl (C=O) groups excluding carboxylic acids is 1. The summed E-state index contributed by atoms with van der Waals surface area (Å²) in [6.45, 7) is 0. The Balaban J connectivity index is 1.61. The molecule has 4 aromatic rings. The highest BCUT2D eigenvalue weighted by Gasteiger charge is 2.16. The van der Waals surface area contributed by atoms with Gasteiger partial charge in [-0.15, -0.1) is 10.2 Å². The van der Waals surface area contributed by atoms with E-state index in [-0.39, 0.29) is 0 Å². The van der Waals surface area contributed by atoms with E-state index < -0.39 is 5.97 Å². The molecule has 0 unspecified atom stereocenters. The van der Waals surface area contributed by atoms with Crippen LogP contribution in [0.5, 0.6) is 11.5 Å². The van der Waals surface area contributed by atoms with E-state index in [2.05, 4.69) is 10.2 Å². The first-order valence-corrected chi connectivity index (χ1v) is 7.90. The average Bonchev–Trinajstić information content (AvgIpc) is 3.22. The van der Waals surface area contributed by atoms with Crippen molar-refractivity contribution in [2.24, 2.45) is 0 Å². The highest BCUT2D eigenvalue weighted by atomic mass is 16.5. The lowest BCUT2D eigenvalue weighted by Crippen LogP contribution is -2.10. The van der Waals surface area contributed by atoms with Crippen molar-refractivity contribution in [2.45, 2.75) is 0 Å². The summed E-state index contributed by atoms with van der Waals surface area (Å²) >= 11 is 0. The van der Waals surface area contributed by atoms with Crippen LogP contribution in [0.15, 0.2) is 71.5 Å². The SMILES string of the molecule is COc1cc2ccccc2cc1C(=O)Oc1ccc(-c2nnco2)cc1. The Labute approximate surface area is 149 Å². The highest BCUT2D eigenvalue weighted by Crippen LogP contribution is 2.28. The third kappa shape index (κ3) is 3.00. The number of hydrogen-bond donors (Lipinski definition) is 0. The van der Waals surface area contributed by atoms with Crippen molar-refractivity contribution in [1.82, 2.24) is 10.2 Å². The molecule has 3 aromatic carbocycles. The monoisotopic (exact) mass is 346 g/mol. The minimum Gasteiger partial charge on any atom is -0.496 e. The van der Waals surface area contributed by atoms with Gasteiger partial charge in [0, 0.05) is 5.56 Å². The summed E-state index contributed by atoms with van der Waals surface area (Å²) in [7, 11) is 1.53. The molecule has 0 amide bonds. The van der Waals surface area contributed by atoms with Crippen molar-refractivity contribution in [3.05, 3.63) is 72.6 Å². The molecule has 0 radical (unpaired) electrons. The van der Waals surface area contributed by atoms with Gasteiger partial charge >= 0.3 is 5.97 Å². The summed E-state index contributed by atoms with van der Waals surface area (Å²) in [5, 5.41) is 9.40. The van der Waals surface area contributed by atoms with Crippen LogP contribution in [0.2, 0.25) is 0 Å². The van der Waals surface area contributed by atoms with Crippen LogP contribution in [0.3, 0.4) is 0 Å². The predicted octanol–water partition coefficient (Wildman–Crippen LogP) is 4.12. The summed E-state index contributed by atoms with van der Waals surface area (Å²) in [6.07, 6.45) is 1.26. The summed E-state index contributed by atoms with van der Waals surface area (Å²) < 4.78 is 16.0. The van der Waals surface area contributed by atoms with Gasteiger partial charge in [0.1, 0.15) is 17.1 Å². The number of esters is 1. The Kier molecular flexibility index (Phi) is 4.07. The third-order valence-electron chi connectivity index (χ3n) is 3.96. The molecule has 4 rings (SSSR count). The summed E-state index contributed by atoms with van der Waals surface area (Å²) in [5.41, 5.74) is 1.11. The molecule has 0 N–H and O–H groups in total. The minimum absolute atomic E-state index is 0.368. The number of ether oxygens (including phenoxy) is 2. The number of benzene rings is 3. The first-order valence-electron chi connectivity index (χ1n) is 7.90. The van der Waals surface area contributed by atoms with Crippen LogP contribution in [0.4, 0.5) is 0 Å². The Morgan fingerprint density at radius 3 is 2.38 bits per heavy atom. The summed E-state index contributed by atoms with van der Waals surface area (Å²) in [5.74, 6) is 0.793. The molecule has 1 aromatic heterocycles. The van der Waals surface area contributed by atoms with Crippen LogP contribution >= 0.6 is 0 Å². The number of nitrogens with zero attached hydrogens (tertiary/aromatic N) is 2. The Hall–Kier alpha value is -3.67. The van der Waals surface area contributed by atoms with E-state index in [0.717, 1.165) is 16.3 Å². The fourth-order valence-electron chi connectivity index (χ4n) is 2.67. The van der Waals surface area contributed by atoms with Gasteiger partial charge in [-0.25, -0.2) is 4.79 Å². The lowest BCUT2D eigenvalue weighted by atomic mass is 10.1. The molecular weight excluding hydrogens is 332 g/mol. The van der Waals surface area contributed by atoms with E-state index in [1.165, 1.54) is 13.5 Å². The maximum absolute atomic E-state index is 12.6. The Morgan fingerprint density at radius 2 is 1.73 bits per heavy atom. The number of hydrogen-bond acceptors (Lipinski definition) is 6. The van der Waals surface area contributed by atoms with Gasteiger partial charge in [-0.05, 0) is 47.2 Å². The minimum atomic E-state index is -0.488. The second-order valence-corrected chi connectivity index (χ2v) is 5.56. The molecular formula is C20H14N2O4. The lowest BCUT2D eigenvalue weighted by molar-refractivity contribution is 0.0731. The van der Waals surface area contributed by atoms with Crippen LogP contribution in [-0.2, 0) is 0 Å². The number of fused-ring (bicyclic) bond motifs is 1. The average molecular weight is 346 g/mol. The maximum Gasteiger partial charge on any atom is 0.347 e. The van der Waals surface area contributed by atoms with E-state index in [0.29, 0.717) is 23.0 Å². The number of rotatable bonds is 4. The molecule has 0 saturated heterocycles. The van der Waals surface area contributed by atoms with Crippen LogP contribution in [0, 0.1) is 0 Å². The molecule has 0 spiro atoms. The fraction of sp³-hybridized carbons (Fsp3) is 0.0500. The Morgan fingerprint density at radius 1 is 1.00 bits per heavy atom. The van der Waals surface area contributed by atoms with E-state index in [4.69, 9.17) is 13.9 Å². The van der Waals surface area contributed by atoms with E-state index >= 15 is 0 Å². The zero-order valence-corrected chi connectivity index (χ0v) is 13.9. The molecule has 1 heterocycles. The van der Waals surface area contributed by atoms with Crippen LogP contribution in [-0.4, -0.2) is 23.3 Å². The van der Waals surface area contributed by atoms with Gasteiger partial charge in [0.15, 0.2) is 0 Å². The molecule has 128 valence electrons. The van der Waals surface area contributed by atoms with Gasteiger partial charge in [0.05, 0.1) is 7.11 Å². The van der Waals surface area contributed by atoms with Crippen molar-refractivity contribution in [3.8, 4) is 23.0 Å². The number of carbonyl (C=O) groups is 1. The van der Waals surface area contributed by atoms with Gasteiger partial charge in [0.25, 0.3) is 0 Å². The molecule has 6 heteroatoms. The second-order valence-electron chi connectivity index (χ2n) is 5.56. The topological polar surface area (TPSA) is 74.5 Å². The van der Waals surface area contributed by atoms with Gasteiger partial charge in [0.2, 0.25) is 12.3 Å². The first-order chi connectivity index (χ1) is 12.7. The molecule has 0 aliphatic heterocycles. The molecule has 26 heavy (non-hydrogen) atoms. The molecule has 0 atom stereocenters. The lowest BCUT2D eigenvalue weighted by Gasteiger charge is -2.10. The summed E-state index contributed by atoms with van der Waals surface area (Å²) in [6, 6.07) is 18.2. The normalized spacial score (nSPS) is 10.7. The zero-order chi connectivity index (χ0) is 17.9. The fourth-order valence-corrected chi connectivity index (χ4v) is 2.67. The van der Waals surface area contributed by atoms with Crippen molar-refractivity contribution in [3.63, 3.8) is 0 Å². The smallest absolute Gasteiger partial charge is 0.347 e. The first kappa shape index (κ1) is 15.8. The molecule has 0 bridgehead atoms. The largest absolute Gasteiger partial charge is 0.496 e. The quantitative estimate of drug-likeness (QED) is 0.409. The van der Waals surface area contributed by atoms with E-state index in [1.807, 2.05) is 30.3 Å². The third-order valence-corrected chi connectivity index (χ3v) is 3.96. The summed E-state index contributed by atoms with van der Waals surface area (Å²) in [4.78, 5) is 12.6. The molecule has 0 saturated carbocycles. The van der Waals surface area contributed by atoms with Gasteiger partial charge < -0.3 is 13.9 Å². The highest BCUT2D eigenvalue weighted by molar-refractivity contribution is 5.99. The van der Waals surface area contributed by atoms with E-state index in [9.17, 15) is 4.79 Å². The standard InChI is InChI=1S/C20H14N2O4/c1-24-18-11-15-5-3-2-4-14(15)10-17(18)20(23)26-16-8-6-13(7-9-16)19-22-21-12-25-19/h2-12H,1H3. The van der Waals surface area contributed by atoms with Crippen molar-refractivity contribution in [2.75, 3.05) is 7.11 Å². The molecule has 0 aliphatic rings. The van der Waals surface area contributed by atoms with Gasteiger partial charge in [-0.2, -0.15) is 0 Å². The van der Waals surface area contributed by atoms with Crippen molar-refractivity contribution in [1.29, 1.82) is 0 Å². The maximum atomic E-state index is 12.6. The Bertz CT molecular complexity index is 1060. The zero-order valence-electron chi connectivity index (χ0n) is 13.9. The number of methoxy groups -OCH3 is 1. The van der Waals surface area contributed by atoms with Crippen LogP contribution < -0.4 is 9.47 Å². The number of aromatic nitrogens is 2. The van der Waals surface area contributed by atoms with Gasteiger partial charge in [-0.1, -0.05) is 24.3 Å². The molecule has 0 fully saturated rings. The molecule has 0 aliphatic carbocycles. The predicted molar refractivity (Wildman–Crippen MR) is 95.2 cm³/mol. The van der Waals surface area contributed by atoms with E-state index in [1.54, 1.807) is 30.3 Å².